The van der Waals surface area contributed by atoms with E-state index in [0.717, 1.165) is 5.92 Å². The Hall–Kier alpha value is -0.0400. The molecular weight excluding hydrogens is 194 g/mol. The van der Waals surface area contributed by atoms with Crippen molar-refractivity contribution in [2.75, 3.05) is 0 Å². The Morgan fingerprint density at radius 1 is 1.19 bits per heavy atom. The van der Waals surface area contributed by atoms with Gasteiger partial charge in [-0.1, -0.05) is 47.0 Å². The zero-order valence-electron chi connectivity index (χ0n) is 11.8. The van der Waals surface area contributed by atoms with Gasteiger partial charge in [0.2, 0.25) is 0 Å². The largest absolute Gasteiger partial charge is 0.325 e. The first kappa shape index (κ1) is 14.0. The summed E-state index contributed by atoms with van der Waals surface area (Å²) >= 11 is 0. The molecule has 2 N–H and O–H groups in total. The normalized spacial score (nSPS) is 31.7. The lowest BCUT2D eigenvalue weighted by atomic mass is 9.65. The van der Waals surface area contributed by atoms with Crippen molar-refractivity contribution >= 4 is 0 Å². The molecule has 1 heteroatoms. The molecule has 1 rings (SSSR count). The van der Waals surface area contributed by atoms with Crippen LogP contribution in [0.25, 0.3) is 0 Å². The summed E-state index contributed by atoms with van der Waals surface area (Å²) in [5, 5.41) is 0. The van der Waals surface area contributed by atoms with Crippen molar-refractivity contribution < 1.29 is 0 Å². The van der Waals surface area contributed by atoms with Crippen molar-refractivity contribution in [1.82, 2.24) is 0 Å². The molecule has 16 heavy (non-hydrogen) atoms. The van der Waals surface area contributed by atoms with Gasteiger partial charge >= 0.3 is 0 Å². The average Bonchev–Trinajstić information content (AvgIpc) is 2.27. The smallest absolute Gasteiger partial charge is 0.0154 e. The molecule has 0 spiro atoms. The summed E-state index contributed by atoms with van der Waals surface area (Å²) < 4.78 is 0. The van der Waals surface area contributed by atoms with E-state index in [-0.39, 0.29) is 5.54 Å². The fourth-order valence-corrected chi connectivity index (χ4v) is 3.04. The fraction of sp³-hybridized carbons (Fsp3) is 1.00. The van der Waals surface area contributed by atoms with Gasteiger partial charge in [0.1, 0.15) is 0 Å². The van der Waals surface area contributed by atoms with Crippen LogP contribution in [-0.4, -0.2) is 5.54 Å². The van der Waals surface area contributed by atoms with Gasteiger partial charge in [0.25, 0.3) is 0 Å². The number of hydrogen-bond donors (Lipinski definition) is 1. The average molecular weight is 225 g/mol. The van der Waals surface area contributed by atoms with Crippen molar-refractivity contribution in [1.29, 1.82) is 0 Å². The van der Waals surface area contributed by atoms with Crippen LogP contribution < -0.4 is 5.73 Å². The summed E-state index contributed by atoms with van der Waals surface area (Å²) in [6.45, 7) is 9.43. The Labute approximate surface area is 102 Å². The highest BCUT2D eigenvalue weighted by atomic mass is 14.7. The molecule has 1 saturated carbocycles. The third-order valence-electron chi connectivity index (χ3n) is 5.03. The number of hydrogen-bond acceptors (Lipinski definition) is 1. The topological polar surface area (TPSA) is 26.0 Å². The molecular formula is C15H31N. The van der Waals surface area contributed by atoms with E-state index in [1.807, 2.05) is 0 Å². The lowest BCUT2D eigenvalue weighted by molar-refractivity contribution is 0.111. The van der Waals surface area contributed by atoms with Crippen molar-refractivity contribution in [2.45, 2.75) is 84.6 Å². The monoisotopic (exact) mass is 225 g/mol. The van der Waals surface area contributed by atoms with Gasteiger partial charge in [-0.25, -0.2) is 0 Å². The van der Waals surface area contributed by atoms with Gasteiger partial charge in [-0.05, 0) is 43.4 Å². The molecule has 1 fully saturated rings. The Morgan fingerprint density at radius 2 is 1.75 bits per heavy atom. The molecule has 0 amide bonds. The Morgan fingerprint density at radius 3 is 2.19 bits per heavy atom. The molecule has 1 aliphatic rings. The third-order valence-corrected chi connectivity index (χ3v) is 5.03. The third kappa shape index (κ3) is 3.48. The van der Waals surface area contributed by atoms with E-state index >= 15 is 0 Å². The molecule has 96 valence electrons. The van der Waals surface area contributed by atoms with E-state index in [2.05, 4.69) is 27.7 Å². The quantitative estimate of drug-likeness (QED) is 0.732. The SMILES string of the molecule is CCCCC1(N)CCC(C(C)(C)CC)CC1. The van der Waals surface area contributed by atoms with Crippen LogP contribution in [0.3, 0.4) is 0 Å². The minimum Gasteiger partial charge on any atom is -0.325 e. The minimum absolute atomic E-state index is 0.177. The maximum Gasteiger partial charge on any atom is 0.0154 e. The second kappa shape index (κ2) is 5.53. The summed E-state index contributed by atoms with van der Waals surface area (Å²) in [6, 6.07) is 0. The van der Waals surface area contributed by atoms with Crippen LogP contribution in [0, 0.1) is 11.3 Å². The van der Waals surface area contributed by atoms with E-state index in [0.29, 0.717) is 5.41 Å². The van der Waals surface area contributed by atoms with Crippen LogP contribution in [0.2, 0.25) is 0 Å². The molecule has 0 aromatic carbocycles. The van der Waals surface area contributed by atoms with E-state index in [1.165, 1.54) is 51.4 Å². The van der Waals surface area contributed by atoms with Crippen molar-refractivity contribution in [3.05, 3.63) is 0 Å². The predicted octanol–water partition coefficient (Wildman–Crippen LogP) is 4.50. The van der Waals surface area contributed by atoms with Gasteiger partial charge in [0.05, 0.1) is 0 Å². The minimum atomic E-state index is 0.177. The molecule has 0 bridgehead atoms. The van der Waals surface area contributed by atoms with Crippen molar-refractivity contribution in [2.24, 2.45) is 17.1 Å². The van der Waals surface area contributed by atoms with Gasteiger partial charge in [0.15, 0.2) is 0 Å². The number of unbranched alkanes of at least 4 members (excludes halogenated alkanes) is 1. The van der Waals surface area contributed by atoms with Crippen LogP contribution in [0.15, 0.2) is 0 Å². The van der Waals surface area contributed by atoms with Gasteiger partial charge in [0, 0.05) is 5.54 Å². The van der Waals surface area contributed by atoms with Crippen LogP contribution in [0.4, 0.5) is 0 Å². The first-order valence-electron chi connectivity index (χ1n) is 7.22. The van der Waals surface area contributed by atoms with Crippen LogP contribution in [0.1, 0.15) is 79.1 Å². The van der Waals surface area contributed by atoms with Crippen molar-refractivity contribution in [3.63, 3.8) is 0 Å². The number of rotatable bonds is 5. The number of nitrogens with two attached hydrogens (primary N) is 1. The molecule has 0 aliphatic heterocycles. The van der Waals surface area contributed by atoms with Crippen molar-refractivity contribution in [3.8, 4) is 0 Å². The van der Waals surface area contributed by atoms with E-state index < -0.39 is 0 Å². The van der Waals surface area contributed by atoms with Gasteiger partial charge < -0.3 is 5.73 Å². The molecule has 0 aromatic heterocycles. The first-order valence-corrected chi connectivity index (χ1v) is 7.22. The predicted molar refractivity (Wildman–Crippen MR) is 72.5 cm³/mol. The molecule has 1 aliphatic carbocycles. The fourth-order valence-electron chi connectivity index (χ4n) is 3.04. The summed E-state index contributed by atoms with van der Waals surface area (Å²) in [5.74, 6) is 0.899. The highest BCUT2D eigenvalue weighted by Gasteiger charge is 2.36. The Balaban J connectivity index is 2.44. The lowest BCUT2D eigenvalue weighted by Crippen LogP contribution is -2.45. The summed E-state index contributed by atoms with van der Waals surface area (Å²) in [4.78, 5) is 0. The van der Waals surface area contributed by atoms with Gasteiger partial charge in [-0.3, -0.25) is 0 Å². The van der Waals surface area contributed by atoms with Gasteiger partial charge in [-0.2, -0.15) is 0 Å². The van der Waals surface area contributed by atoms with Gasteiger partial charge in [-0.15, -0.1) is 0 Å². The summed E-state index contributed by atoms with van der Waals surface area (Å²) in [6.07, 6.45) is 10.3. The molecule has 0 aromatic rings. The second-order valence-corrected chi connectivity index (χ2v) is 6.58. The maximum atomic E-state index is 6.49. The summed E-state index contributed by atoms with van der Waals surface area (Å²) in [7, 11) is 0. The zero-order valence-corrected chi connectivity index (χ0v) is 11.8. The highest BCUT2D eigenvalue weighted by Crippen LogP contribution is 2.43. The highest BCUT2D eigenvalue weighted by molar-refractivity contribution is 4.92. The van der Waals surface area contributed by atoms with E-state index in [4.69, 9.17) is 5.73 Å². The second-order valence-electron chi connectivity index (χ2n) is 6.58. The molecule has 1 nitrogen and oxygen atoms in total. The Bertz CT molecular complexity index is 199. The van der Waals surface area contributed by atoms with E-state index in [1.54, 1.807) is 0 Å². The zero-order chi connectivity index (χ0) is 12.2. The van der Waals surface area contributed by atoms with Crippen LogP contribution in [-0.2, 0) is 0 Å². The van der Waals surface area contributed by atoms with Crippen LogP contribution >= 0.6 is 0 Å². The maximum absolute atomic E-state index is 6.49. The standard InChI is InChI=1S/C15H31N/c1-5-7-10-15(16)11-8-13(9-12-15)14(3,4)6-2/h13H,5-12,16H2,1-4H3. The molecule has 0 heterocycles. The summed E-state index contributed by atoms with van der Waals surface area (Å²) in [5.41, 5.74) is 7.19. The molecule has 0 saturated heterocycles. The lowest BCUT2D eigenvalue weighted by Gasteiger charge is -2.43. The van der Waals surface area contributed by atoms with Crippen LogP contribution in [0.5, 0.6) is 0 Å². The molecule has 0 radical (unpaired) electrons. The molecule has 0 unspecified atom stereocenters. The molecule has 0 atom stereocenters. The first-order chi connectivity index (χ1) is 7.43. The Kier molecular flexibility index (Phi) is 4.85. The van der Waals surface area contributed by atoms with E-state index in [9.17, 15) is 0 Å².